The zero-order chi connectivity index (χ0) is 39.1. The van der Waals surface area contributed by atoms with Crippen LogP contribution < -0.4 is 10.6 Å². The number of carbonyl (C=O) groups excluding carboxylic acids is 2. The standard InChI is InChI=1S/C50H100N2O2/c1-3-5-7-9-11-13-15-17-19-21-23-27-31-35-39-43-47-51-49(53)45-41-37-33-29-25-26-30-34-38-42-46-50(54)52-48-44-40-36-32-28-24-22-20-18-16-14-12-10-8-6-4-2/h3-48H2,1-2H3,(H,51,53)(H,52,54). The maximum Gasteiger partial charge on any atom is 0.219 e. The van der Waals surface area contributed by atoms with Crippen molar-refractivity contribution in [1.82, 2.24) is 10.6 Å². The Balaban J connectivity index is 3.22. The molecule has 0 aliphatic carbocycles. The fourth-order valence-electron chi connectivity index (χ4n) is 7.96. The van der Waals surface area contributed by atoms with Crippen LogP contribution in [0.1, 0.15) is 296 Å². The van der Waals surface area contributed by atoms with Crippen LogP contribution in [0.4, 0.5) is 0 Å². The van der Waals surface area contributed by atoms with E-state index in [0.717, 1.165) is 38.8 Å². The average molecular weight is 761 g/mol. The van der Waals surface area contributed by atoms with Crippen LogP contribution in [-0.2, 0) is 9.59 Å². The molecule has 0 aromatic rings. The molecule has 0 spiro atoms. The van der Waals surface area contributed by atoms with Gasteiger partial charge >= 0.3 is 0 Å². The molecule has 0 radical (unpaired) electrons. The predicted octanol–water partition coefficient (Wildman–Crippen LogP) is 16.4. The van der Waals surface area contributed by atoms with Gasteiger partial charge < -0.3 is 10.6 Å². The smallest absolute Gasteiger partial charge is 0.219 e. The van der Waals surface area contributed by atoms with Crippen LogP contribution in [0, 0.1) is 0 Å². The molecule has 0 unspecified atom stereocenters. The van der Waals surface area contributed by atoms with Gasteiger partial charge in [-0.3, -0.25) is 9.59 Å². The lowest BCUT2D eigenvalue weighted by Gasteiger charge is -2.06. The first kappa shape index (κ1) is 52.9. The summed E-state index contributed by atoms with van der Waals surface area (Å²) in [6.45, 7) is 6.31. The lowest BCUT2D eigenvalue weighted by atomic mass is 10.0. The van der Waals surface area contributed by atoms with E-state index in [1.54, 1.807) is 0 Å². The topological polar surface area (TPSA) is 58.2 Å². The van der Waals surface area contributed by atoms with Crippen LogP contribution in [0.3, 0.4) is 0 Å². The van der Waals surface area contributed by atoms with Crippen LogP contribution in [0.25, 0.3) is 0 Å². The van der Waals surface area contributed by atoms with E-state index in [9.17, 15) is 9.59 Å². The zero-order valence-electron chi connectivity index (χ0n) is 37.3. The Morgan fingerprint density at radius 2 is 0.407 bits per heavy atom. The summed E-state index contributed by atoms with van der Waals surface area (Å²) in [4.78, 5) is 24.3. The van der Waals surface area contributed by atoms with Crippen molar-refractivity contribution >= 4 is 11.8 Å². The average Bonchev–Trinajstić information content (AvgIpc) is 3.17. The molecule has 322 valence electrons. The molecular formula is C50H100N2O2. The summed E-state index contributed by atoms with van der Waals surface area (Å²) in [6.07, 6.45) is 57.9. The van der Waals surface area contributed by atoms with Crippen molar-refractivity contribution in [3.05, 3.63) is 0 Å². The van der Waals surface area contributed by atoms with E-state index in [1.807, 2.05) is 0 Å². The van der Waals surface area contributed by atoms with Gasteiger partial charge in [0.05, 0.1) is 0 Å². The fraction of sp³-hybridized carbons (Fsp3) is 0.960. The molecule has 0 aromatic carbocycles. The minimum Gasteiger partial charge on any atom is -0.356 e. The van der Waals surface area contributed by atoms with Crippen molar-refractivity contribution < 1.29 is 9.59 Å². The number of hydrogen-bond acceptors (Lipinski definition) is 2. The van der Waals surface area contributed by atoms with Crippen LogP contribution in [-0.4, -0.2) is 24.9 Å². The van der Waals surface area contributed by atoms with Crippen molar-refractivity contribution in [1.29, 1.82) is 0 Å². The highest BCUT2D eigenvalue weighted by molar-refractivity contribution is 5.76. The summed E-state index contributed by atoms with van der Waals surface area (Å²) in [5.74, 6) is 0.509. The van der Waals surface area contributed by atoms with Gasteiger partial charge in [-0.15, -0.1) is 0 Å². The van der Waals surface area contributed by atoms with Crippen LogP contribution in [0.5, 0.6) is 0 Å². The van der Waals surface area contributed by atoms with Gasteiger partial charge in [-0.1, -0.05) is 258 Å². The van der Waals surface area contributed by atoms with Crippen molar-refractivity contribution in [3.8, 4) is 0 Å². The first-order valence-electron chi connectivity index (χ1n) is 25.2. The van der Waals surface area contributed by atoms with E-state index in [-0.39, 0.29) is 11.8 Å². The Morgan fingerprint density at radius 3 is 0.611 bits per heavy atom. The number of hydrogen-bond donors (Lipinski definition) is 2. The van der Waals surface area contributed by atoms with Crippen molar-refractivity contribution in [2.24, 2.45) is 0 Å². The third-order valence-electron chi connectivity index (χ3n) is 11.8. The molecule has 4 nitrogen and oxygen atoms in total. The van der Waals surface area contributed by atoms with E-state index < -0.39 is 0 Å². The van der Waals surface area contributed by atoms with Crippen molar-refractivity contribution in [2.45, 2.75) is 296 Å². The molecule has 0 rings (SSSR count). The number of nitrogens with one attached hydrogen (secondary N) is 2. The number of amides is 2. The minimum absolute atomic E-state index is 0.255. The van der Waals surface area contributed by atoms with E-state index >= 15 is 0 Å². The van der Waals surface area contributed by atoms with Crippen LogP contribution in [0.2, 0.25) is 0 Å². The molecule has 0 heterocycles. The molecule has 0 bridgehead atoms. The minimum atomic E-state index is 0.255. The molecule has 2 N–H and O–H groups in total. The van der Waals surface area contributed by atoms with Crippen molar-refractivity contribution in [3.63, 3.8) is 0 Å². The van der Waals surface area contributed by atoms with Gasteiger partial charge in [0.2, 0.25) is 11.8 Å². The first-order chi connectivity index (χ1) is 26.7. The second-order valence-electron chi connectivity index (χ2n) is 17.3. The number of unbranched alkanes of at least 4 members (excludes halogenated alkanes) is 39. The van der Waals surface area contributed by atoms with E-state index in [2.05, 4.69) is 24.5 Å². The summed E-state index contributed by atoms with van der Waals surface area (Å²) in [6, 6.07) is 0. The van der Waals surface area contributed by atoms with Gasteiger partial charge in [-0.05, 0) is 25.7 Å². The van der Waals surface area contributed by atoms with Gasteiger partial charge in [0, 0.05) is 25.9 Å². The normalized spacial score (nSPS) is 11.4. The van der Waals surface area contributed by atoms with E-state index in [1.165, 1.54) is 244 Å². The number of carbonyl (C=O) groups is 2. The molecular weight excluding hydrogens is 661 g/mol. The maximum absolute atomic E-state index is 12.1. The molecule has 54 heavy (non-hydrogen) atoms. The molecule has 0 aliphatic heterocycles. The monoisotopic (exact) mass is 761 g/mol. The highest BCUT2D eigenvalue weighted by Crippen LogP contribution is 2.16. The molecule has 0 saturated heterocycles. The fourth-order valence-corrected chi connectivity index (χ4v) is 7.96. The highest BCUT2D eigenvalue weighted by Gasteiger charge is 2.03. The quantitative estimate of drug-likeness (QED) is 0.0607. The SMILES string of the molecule is CCCCCCCCCCCCCCCCCCNC(=O)CCCCCCCCCCCCC(=O)NCCCCCCCCCCCCCCCCCC. The van der Waals surface area contributed by atoms with Gasteiger partial charge in [-0.25, -0.2) is 0 Å². The lowest BCUT2D eigenvalue weighted by Crippen LogP contribution is -2.23. The predicted molar refractivity (Wildman–Crippen MR) is 241 cm³/mol. The molecule has 0 atom stereocenters. The largest absolute Gasteiger partial charge is 0.356 e. The Hall–Kier alpha value is -1.06. The van der Waals surface area contributed by atoms with Crippen molar-refractivity contribution in [2.75, 3.05) is 13.1 Å². The Labute approximate surface area is 340 Å². The number of rotatable bonds is 47. The Bertz CT molecular complexity index is 665. The third-order valence-corrected chi connectivity index (χ3v) is 11.8. The molecule has 0 saturated carbocycles. The van der Waals surface area contributed by atoms with Gasteiger partial charge in [-0.2, -0.15) is 0 Å². The summed E-state index contributed by atoms with van der Waals surface area (Å²) < 4.78 is 0. The van der Waals surface area contributed by atoms with E-state index in [4.69, 9.17) is 0 Å². The van der Waals surface area contributed by atoms with Crippen LogP contribution >= 0.6 is 0 Å². The second-order valence-corrected chi connectivity index (χ2v) is 17.3. The van der Waals surface area contributed by atoms with Gasteiger partial charge in [0.1, 0.15) is 0 Å². The van der Waals surface area contributed by atoms with Gasteiger partial charge in [0.15, 0.2) is 0 Å². The van der Waals surface area contributed by atoms with Gasteiger partial charge in [0.25, 0.3) is 0 Å². The molecule has 0 aliphatic rings. The maximum atomic E-state index is 12.1. The zero-order valence-corrected chi connectivity index (χ0v) is 37.3. The Morgan fingerprint density at radius 1 is 0.241 bits per heavy atom. The summed E-state index contributed by atoms with van der Waals surface area (Å²) in [5.41, 5.74) is 0. The summed E-state index contributed by atoms with van der Waals surface area (Å²) in [5, 5.41) is 6.29. The second kappa shape index (κ2) is 48.1. The summed E-state index contributed by atoms with van der Waals surface area (Å²) in [7, 11) is 0. The Kier molecular flexibility index (Phi) is 47.1. The first-order valence-corrected chi connectivity index (χ1v) is 25.2. The highest BCUT2D eigenvalue weighted by atomic mass is 16.2. The lowest BCUT2D eigenvalue weighted by molar-refractivity contribution is -0.122. The van der Waals surface area contributed by atoms with Crippen LogP contribution in [0.15, 0.2) is 0 Å². The molecule has 2 amide bonds. The summed E-state index contributed by atoms with van der Waals surface area (Å²) >= 11 is 0. The molecule has 0 fully saturated rings. The third kappa shape index (κ3) is 47.1. The molecule has 0 aromatic heterocycles. The van der Waals surface area contributed by atoms with E-state index in [0.29, 0.717) is 12.8 Å². The molecule has 4 heteroatoms.